The average Bonchev–Trinajstić information content (AvgIpc) is 2.55. The van der Waals surface area contributed by atoms with Gasteiger partial charge in [0.05, 0.1) is 13.2 Å². The summed E-state index contributed by atoms with van der Waals surface area (Å²) in [5, 5.41) is 66.7. The average molecular weight is 405 g/mol. The van der Waals surface area contributed by atoms with Crippen LogP contribution in [0.3, 0.4) is 0 Å². The molecule has 2 heterocycles. The molecule has 10 nitrogen and oxygen atoms in total. The molecule has 0 aliphatic carbocycles. The largest absolute Gasteiger partial charge is 0.394 e. The van der Waals surface area contributed by atoms with Gasteiger partial charge in [-0.2, -0.15) is 0 Å². The summed E-state index contributed by atoms with van der Waals surface area (Å²) in [6.07, 6.45) is -12.7. The first-order chi connectivity index (χ1) is 10.8. The Balaban J connectivity index is 2.11. The lowest BCUT2D eigenvalue weighted by atomic mass is 9.97. The summed E-state index contributed by atoms with van der Waals surface area (Å²) in [5.74, 6) is 0. The Morgan fingerprint density at radius 2 is 1.35 bits per heavy atom. The molecule has 2 aliphatic heterocycles. The van der Waals surface area contributed by atoms with Crippen molar-refractivity contribution in [1.29, 1.82) is 0 Å². The highest BCUT2D eigenvalue weighted by Crippen LogP contribution is 2.30. The normalized spacial score (nSPS) is 51.7. The van der Waals surface area contributed by atoms with E-state index in [0.717, 1.165) is 0 Å². The molecule has 0 aromatic rings. The molecular formula is C12H21BrO10. The number of ether oxygens (including phenoxy) is 3. The highest BCUT2D eigenvalue weighted by atomic mass is 79.9. The Bertz CT molecular complexity index is 383. The van der Waals surface area contributed by atoms with Crippen LogP contribution in [0.25, 0.3) is 0 Å². The predicted octanol–water partition coefficient (Wildman–Crippen LogP) is -3.99. The van der Waals surface area contributed by atoms with E-state index in [1.807, 2.05) is 0 Å². The molecule has 0 radical (unpaired) electrons. The Kier molecular flexibility index (Phi) is 6.73. The zero-order valence-corrected chi connectivity index (χ0v) is 13.5. The van der Waals surface area contributed by atoms with Crippen LogP contribution in [-0.2, 0) is 14.2 Å². The van der Waals surface area contributed by atoms with E-state index in [1.165, 1.54) is 0 Å². The smallest absolute Gasteiger partial charge is 0.187 e. The van der Waals surface area contributed by atoms with Gasteiger partial charge in [0.15, 0.2) is 6.29 Å². The van der Waals surface area contributed by atoms with E-state index in [-0.39, 0.29) is 0 Å². The third kappa shape index (κ3) is 3.85. The molecule has 0 spiro atoms. The van der Waals surface area contributed by atoms with Crippen molar-refractivity contribution in [2.45, 2.75) is 60.1 Å². The maximum Gasteiger partial charge on any atom is 0.187 e. The predicted molar refractivity (Wildman–Crippen MR) is 75.3 cm³/mol. The fourth-order valence-electron chi connectivity index (χ4n) is 2.54. The first kappa shape index (κ1) is 19.4. The van der Waals surface area contributed by atoms with Crippen molar-refractivity contribution < 1.29 is 50.0 Å². The summed E-state index contributed by atoms with van der Waals surface area (Å²) in [6.45, 7) is -1.18. The molecule has 0 amide bonds. The number of hydrogen-bond donors (Lipinski definition) is 7. The van der Waals surface area contributed by atoms with Crippen LogP contribution < -0.4 is 0 Å². The van der Waals surface area contributed by atoms with Crippen LogP contribution in [0.5, 0.6) is 0 Å². The van der Waals surface area contributed by atoms with E-state index in [1.54, 1.807) is 0 Å². The van der Waals surface area contributed by atoms with E-state index in [2.05, 4.69) is 15.9 Å². The van der Waals surface area contributed by atoms with Crippen molar-refractivity contribution in [3.05, 3.63) is 0 Å². The zero-order chi connectivity index (χ0) is 17.3. The Hall–Kier alpha value is 0.0800. The fraction of sp³-hybridized carbons (Fsp3) is 1.00. The molecule has 0 saturated carbocycles. The molecule has 136 valence electrons. The first-order valence-corrected chi connectivity index (χ1v) is 7.95. The van der Waals surface area contributed by atoms with Crippen LogP contribution in [0.1, 0.15) is 0 Å². The summed E-state index contributed by atoms with van der Waals surface area (Å²) in [4.78, 5) is 0. The van der Waals surface area contributed by atoms with Crippen molar-refractivity contribution in [3.8, 4) is 0 Å². The van der Waals surface area contributed by atoms with Gasteiger partial charge in [-0.15, -0.1) is 0 Å². The van der Waals surface area contributed by atoms with Gasteiger partial charge >= 0.3 is 0 Å². The van der Waals surface area contributed by atoms with Gasteiger partial charge in [-0.1, -0.05) is 15.9 Å². The SMILES string of the molecule is OC[C@H]1O[C@H](O[C@H]2[C@H](O)[C@@H](O)[C@H](Br)O[C@@H]2CO)[C@H](O)[C@@H](O)[C@@H]1O. The number of aliphatic hydroxyl groups is 7. The number of rotatable bonds is 4. The second-order valence-corrected chi connectivity index (χ2v) is 6.39. The van der Waals surface area contributed by atoms with Crippen molar-refractivity contribution in [2.24, 2.45) is 0 Å². The molecule has 0 aromatic heterocycles. The molecule has 0 bridgehead atoms. The van der Waals surface area contributed by atoms with E-state index in [9.17, 15) is 30.6 Å². The van der Waals surface area contributed by atoms with Crippen LogP contribution >= 0.6 is 15.9 Å². The van der Waals surface area contributed by atoms with Crippen LogP contribution in [0, 0.1) is 0 Å². The van der Waals surface area contributed by atoms with Gasteiger partial charge in [0, 0.05) is 0 Å². The lowest BCUT2D eigenvalue weighted by Gasteiger charge is -2.45. The molecule has 0 aromatic carbocycles. The number of aliphatic hydroxyl groups excluding tert-OH is 7. The monoisotopic (exact) mass is 404 g/mol. The third-order valence-corrected chi connectivity index (χ3v) is 4.70. The number of hydrogen-bond acceptors (Lipinski definition) is 10. The molecular weight excluding hydrogens is 384 g/mol. The van der Waals surface area contributed by atoms with E-state index >= 15 is 0 Å². The summed E-state index contributed by atoms with van der Waals surface area (Å²) in [5.41, 5.74) is 0. The standard InChI is InChI=1S/C12H21BrO10/c13-11-8(19)7(18)10(4(2-15)21-11)23-12-9(20)6(17)5(16)3(1-14)22-12/h3-12,14-20H,1-2H2/t3-,4-,5-,6+,7-,8-,9-,10-,11-,12-/m1/s1. The Labute approximate surface area is 140 Å². The van der Waals surface area contributed by atoms with Crippen LogP contribution in [0.4, 0.5) is 0 Å². The molecule has 0 unspecified atom stereocenters. The molecule has 10 atom stereocenters. The maximum atomic E-state index is 10.1. The minimum absolute atomic E-state index is 0.548. The highest BCUT2D eigenvalue weighted by molar-refractivity contribution is 9.09. The topological polar surface area (TPSA) is 169 Å². The van der Waals surface area contributed by atoms with Gasteiger partial charge in [0.25, 0.3) is 0 Å². The molecule has 7 N–H and O–H groups in total. The van der Waals surface area contributed by atoms with Gasteiger partial charge in [-0.25, -0.2) is 0 Å². The van der Waals surface area contributed by atoms with Crippen molar-refractivity contribution in [3.63, 3.8) is 0 Å². The number of halogens is 1. The quantitative estimate of drug-likeness (QED) is 0.229. The molecule has 2 rings (SSSR count). The second-order valence-electron chi connectivity index (χ2n) is 5.49. The number of alkyl halides is 1. The van der Waals surface area contributed by atoms with Crippen molar-refractivity contribution >= 4 is 15.9 Å². The minimum atomic E-state index is -1.67. The van der Waals surface area contributed by atoms with Gasteiger partial charge < -0.3 is 50.0 Å². The lowest BCUT2D eigenvalue weighted by molar-refractivity contribution is -0.337. The Morgan fingerprint density at radius 3 is 1.91 bits per heavy atom. The first-order valence-electron chi connectivity index (χ1n) is 7.04. The van der Waals surface area contributed by atoms with Crippen molar-refractivity contribution in [1.82, 2.24) is 0 Å². The van der Waals surface area contributed by atoms with Gasteiger partial charge in [-0.3, -0.25) is 0 Å². The Morgan fingerprint density at radius 1 is 0.739 bits per heavy atom. The van der Waals surface area contributed by atoms with Crippen LogP contribution in [0.2, 0.25) is 0 Å². The molecule has 11 heteroatoms. The fourth-order valence-corrected chi connectivity index (χ4v) is 3.13. The second kappa shape index (κ2) is 7.97. The highest BCUT2D eigenvalue weighted by Gasteiger charge is 2.49. The summed E-state index contributed by atoms with van der Waals surface area (Å²) >= 11 is 2.99. The summed E-state index contributed by atoms with van der Waals surface area (Å²) in [6, 6.07) is 0. The minimum Gasteiger partial charge on any atom is -0.394 e. The zero-order valence-electron chi connectivity index (χ0n) is 11.9. The van der Waals surface area contributed by atoms with Gasteiger partial charge in [0.2, 0.25) is 0 Å². The molecule has 2 fully saturated rings. The summed E-state index contributed by atoms with van der Waals surface area (Å²) < 4.78 is 15.8. The summed E-state index contributed by atoms with van der Waals surface area (Å²) in [7, 11) is 0. The van der Waals surface area contributed by atoms with Crippen LogP contribution in [-0.4, -0.2) is 109 Å². The van der Waals surface area contributed by atoms with E-state index in [0.29, 0.717) is 0 Å². The lowest BCUT2D eigenvalue weighted by Crippen LogP contribution is -2.63. The molecule has 2 saturated heterocycles. The molecule has 23 heavy (non-hydrogen) atoms. The van der Waals surface area contributed by atoms with Gasteiger partial charge in [-0.05, 0) is 0 Å². The van der Waals surface area contributed by atoms with E-state index in [4.69, 9.17) is 19.3 Å². The third-order valence-electron chi connectivity index (χ3n) is 3.95. The van der Waals surface area contributed by atoms with Gasteiger partial charge in [0.1, 0.15) is 53.8 Å². The molecule has 2 aliphatic rings. The van der Waals surface area contributed by atoms with Crippen LogP contribution in [0.15, 0.2) is 0 Å². The van der Waals surface area contributed by atoms with Crippen molar-refractivity contribution in [2.75, 3.05) is 13.2 Å². The maximum absolute atomic E-state index is 10.1. The van der Waals surface area contributed by atoms with E-state index < -0.39 is 73.3 Å².